The number of aryl methyl sites for hydroxylation is 1. The SMILES string of the molecule is Cc1ccc(NC2CCCOCC2)cc1-n1cnnn1. The van der Waals surface area contributed by atoms with Crippen molar-refractivity contribution >= 4 is 5.69 Å². The van der Waals surface area contributed by atoms with Gasteiger partial charge in [-0.3, -0.25) is 0 Å². The molecule has 1 fully saturated rings. The van der Waals surface area contributed by atoms with Crippen LogP contribution in [0.5, 0.6) is 0 Å². The molecule has 1 saturated heterocycles. The molecule has 0 spiro atoms. The maximum atomic E-state index is 5.49. The molecule has 0 amide bonds. The first-order valence-corrected chi connectivity index (χ1v) is 7.01. The third kappa shape index (κ3) is 2.96. The van der Waals surface area contributed by atoms with Crippen LogP contribution in [0.4, 0.5) is 5.69 Å². The normalized spacial score (nSPS) is 19.6. The maximum absolute atomic E-state index is 5.49. The topological polar surface area (TPSA) is 64.9 Å². The molecule has 2 aromatic rings. The molecule has 1 unspecified atom stereocenters. The van der Waals surface area contributed by atoms with Gasteiger partial charge in [-0.15, -0.1) is 5.10 Å². The summed E-state index contributed by atoms with van der Waals surface area (Å²) >= 11 is 0. The van der Waals surface area contributed by atoms with Crippen molar-refractivity contribution in [2.75, 3.05) is 18.5 Å². The van der Waals surface area contributed by atoms with Crippen LogP contribution in [0.3, 0.4) is 0 Å². The number of nitrogens with one attached hydrogen (secondary N) is 1. The van der Waals surface area contributed by atoms with E-state index in [0.717, 1.165) is 49.4 Å². The van der Waals surface area contributed by atoms with E-state index in [9.17, 15) is 0 Å². The lowest BCUT2D eigenvalue weighted by atomic mass is 10.1. The number of hydrogen-bond donors (Lipinski definition) is 1. The van der Waals surface area contributed by atoms with Crippen molar-refractivity contribution in [1.29, 1.82) is 0 Å². The lowest BCUT2D eigenvalue weighted by Gasteiger charge is -2.18. The van der Waals surface area contributed by atoms with Gasteiger partial charge in [-0.05, 0) is 54.3 Å². The lowest BCUT2D eigenvalue weighted by Crippen LogP contribution is -2.19. The zero-order valence-electron chi connectivity index (χ0n) is 11.6. The molecule has 0 aliphatic carbocycles. The molecule has 0 radical (unpaired) electrons. The lowest BCUT2D eigenvalue weighted by molar-refractivity contribution is 0.144. The smallest absolute Gasteiger partial charge is 0.143 e. The zero-order chi connectivity index (χ0) is 13.8. The Morgan fingerprint density at radius 3 is 3.10 bits per heavy atom. The van der Waals surface area contributed by atoms with Crippen LogP contribution in [0.2, 0.25) is 0 Å². The van der Waals surface area contributed by atoms with Crippen molar-refractivity contribution < 1.29 is 4.74 Å². The number of benzene rings is 1. The minimum Gasteiger partial charge on any atom is -0.382 e. The predicted octanol–water partition coefficient (Wildman–Crippen LogP) is 1.95. The van der Waals surface area contributed by atoms with Crippen molar-refractivity contribution in [2.24, 2.45) is 0 Å². The quantitative estimate of drug-likeness (QED) is 0.926. The van der Waals surface area contributed by atoms with E-state index in [1.54, 1.807) is 11.0 Å². The standard InChI is InChI=1S/C14H19N5O/c1-11-4-5-13(9-14(11)19-10-15-17-18-19)16-12-3-2-7-20-8-6-12/h4-5,9-10,12,16H,2-3,6-8H2,1H3. The van der Waals surface area contributed by atoms with Crippen LogP contribution < -0.4 is 5.32 Å². The zero-order valence-corrected chi connectivity index (χ0v) is 11.6. The number of rotatable bonds is 3. The fourth-order valence-corrected chi connectivity index (χ4v) is 2.50. The maximum Gasteiger partial charge on any atom is 0.143 e. The average molecular weight is 273 g/mol. The second-order valence-electron chi connectivity index (χ2n) is 5.14. The summed E-state index contributed by atoms with van der Waals surface area (Å²) in [6, 6.07) is 6.76. The number of tetrazole rings is 1. The number of nitrogens with zero attached hydrogens (tertiary/aromatic N) is 4. The van der Waals surface area contributed by atoms with E-state index < -0.39 is 0 Å². The Hall–Kier alpha value is -1.95. The molecule has 1 N–H and O–H groups in total. The van der Waals surface area contributed by atoms with Crippen LogP contribution >= 0.6 is 0 Å². The monoisotopic (exact) mass is 273 g/mol. The minimum atomic E-state index is 0.474. The van der Waals surface area contributed by atoms with Gasteiger partial charge in [0.2, 0.25) is 0 Å². The van der Waals surface area contributed by atoms with Crippen molar-refractivity contribution in [1.82, 2.24) is 20.2 Å². The molecular formula is C14H19N5O. The van der Waals surface area contributed by atoms with E-state index in [0.29, 0.717) is 6.04 Å². The minimum absolute atomic E-state index is 0.474. The van der Waals surface area contributed by atoms with Gasteiger partial charge in [0.15, 0.2) is 0 Å². The molecule has 1 aromatic heterocycles. The largest absolute Gasteiger partial charge is 0.382 e. The Morgan fingerprint density at radius 1 is 1.30 bits per heavy atom. The van der Waals surface area contributed by atoms with E-state index >= 15 is 0 Å². The summed E-state index contributed by atoms with van der Waals surface area (Å²) < 4.78 is 7.18. The van der Waals surface area contributed by atoms with E-state index in [-0.39, 0.29) is 0 Å². The second kappa shape index (κ2) is 6.00. The Bertz CT molecular complexity index is 547. The summed E-state index contributed by atoms with van der Waals surface area (Å²) in [7, 11) is 0. The summed E-state index contributed by atoms with van der Waals surface area (Å²) in [5.74, 6) is 0. The summed E-state index contributed by atoms with van der Waals surface area (Å²) in [6.07, 6.45) is 4.93. The molecule has 2 heterocycles. The van der Waals surface area contributed by atoms with Gasteiger partial charge in [0.05, 0.1) is 5.69 Å². The van der Waals surface area contributed by atoms with Gasteiger partial charge in [0, 0.05) is 24.9 Å². The van der Waals surface area contributed by atoms with Gasteiger partial charge in [0.1, 0.15) is 6.33 Å². The molecule has 0 saturated carbocycles. The van der Waals surface area contributed by atoms with E-state index in [1.807, 2.05) is 0 Å². The van der Waals surface area contributed by atoms with Gasteiger partial charge >= 0.3 is 0 Å². The Balaban J connectivity index is 1.78. The van der Waals surface area contributed by atoms with Crippen LogP contribution in [0.15, 0.2) is 24.5 Å². The molecule has 1 aliphatic rings. The first-order chi connectivity index (χ1) is 9.83. The van der Waals surface area contributed by atoms with E-state index in [4.69, 9.17) is 4.74 Å². The van der Waals surface area contributed by atoms with Crippen molar-refractivity contribution in [3.05, 3.63) is 30.1 Å². The van der Waals surface area contributed by atoms with E-state index in [1.165, 1.54) is 0 Å². The average Bonchev–Trinajstić information content (AvgIpc) is 2.86. The number of ether oxygens (including phenoxy) is 1. The molecule has 6 nitrogen and oxygen atoms in total. The van der Waals surface area contributed by atoms with Crippen LogP contribution in [0.25, 0.3) is 5.69 Å². The second-order valence-corrected chi connectivity index (χ2v) is 5.14. The van der Waals surface area contributed by atoms with Gasteiger partial charge in [0.25, 0.3) is 0 Å². The van der Waals surface area contributed by atoms with Gasteiger partial charge < -0.3 is 10.1 Å². The van der Waals surface area contributed by atoms with Crippen LogP contribution in [0, 0.1) is 6.92 Å². The Morgan fingerprint density at radius 2 is 2.25 bits per heavy atom. The predicted molar refractivity (Wildman–Crippen MR) is 76.0 cm³/mol. The molecule has 20 heavy (non-hydrogen) atoms. The molecule has 3 rings (SSSR count). The van der Waals surface area contributed by atoms with Crippen molar-refractivity contribution in [3.63, 3.8) is 0 Å². The Kier molecular flexibility index (Phi) is 3.92. The Labute approximate surface area is 118 Å². The number of anilines is 1. The first kappa shape index (κ1) is 13.1. The molecule has 106 valence electrons. The van der Waals surface area contributed by atoms with Gasteiger partial charge in [-0.2, -0.15) is 0 Å². The highest BCUT2D eigenvalue weighted by Gasteiger charge is 2.13. The van der Waals surface area contributed by atoms with Crippen LogP contribution in [-0.4, -0.2) is 39.5 Å². The summed E-state index contributed by atoms with van der Waals surface area (Å²) in [6.45, 7) is 3.77. The number of hydrogen-bond acceptors (Lipinski definition) is 5. The highest BCUT2D eigenvalue weighted by atomic mass is 16.5. The number of aromatic nitrogens is 4. The van der Waals surface area contributed by atoms with Crippen LogP contribution in [0.1, 0.15) is 24.8 Å². The third-order valence-electron chi connectivity index (χ3n) is 3.63. The summed E-state index contributed by atoms with van der Waals surface area (Å²) in [5.41, 5.74) is 3.25. The first-order valence-electron chi connectivity index (χ1n) is 7.01. The highest BCUT2D eigenvalue weighted by molar-refractivity contribution is 5.54. The van der Waals surface area contributed by atoms with Gasteiger partial charge in [-0.25, -0.2) is 4.68 Å². The summed E-state index contributed by atoms with van der Waals surface area (Å²) in [5, 5.41) is 14.9. The molecule has 0 bridgehead atoms. The fourth-order valence-electron chi connectivity index (χ4n) is 2.50. The van der Waals surface area contributed by atoms with E-state index in [2.05, 4.69) is 46.0 Å². The summed E-state index contributed by atoms with van der Waals surface area (Å²) in [4.78, 5) is 0. The van der Waals surface area contributed by atoms with Gasteiger partial charge in [-0.1, -0.05) is 6.07 Å². The molecule has 1 atom stereocenters. The molecule has 6 heteroatoms. The molecular weight excluding hydrogens is 254 g/mol. The molecule has 1 aromatic carbocycles. The highest BCUT2D eigenvalue weighted by Crippen LogP contribution is 2.21. The van der Waals surface area contributed by atoms with Crippen molar-refractivity contribution in [3.8, 4) is 5.69 Å². The third-order valence-corrected chi connectivity index (χ3v) is 3.63. The molecule has 1 aliphatic heterocycles. The van der Waals surface area contributed by atoms with Crippen LogP contribution in [-0.2, 0) is 4.74 Å². The fraction of sp³-hybridized carbons (Fsp3) is 0.500. The van der Waals surface area contributed by atoms with Crippen molar-refractivity contribution in [2.45, 2.75) is 32.2 Å².